The molecule has 156 valence electrons. The minimum Gasteiger partial charge on any atom is -0.342 e. The maximum Gasteiger partial charge on any atom is 0.251 e. The molecule has 7 nitrogen and oxygen atoms in total. The molecule has 0 aliphatic carbocycles. The monoisotopic (exact) mass is 416 g/mol. The van der Waals surface area contributed by atoms with E-state index in [4.69, 9.17) is 10.2 Å². The fraction of sp³-hybridized carbons (Fsp3) is 0.304. The van der Waals surface area contributed by atoms with Gasteiger partial charge in [-0.25, -0.2) is 9.37 Å². The zero-order valence-corrected chi connectivity index (χ0v) is 16.9. The van der Waals surface area contributed by atoms with Crippen LogP contribution in [0, 0.1) is 17.1 Å². The average molecular weight is 416 g/mol. The minimum atomic E-state index is -0.444. The van der Waals surface area contributed by atoms with Gasteiger partial charge in [0.05, 0.1) is 39.9 Å². The third-order valence-electron chi connectivity index (χ3n) is 6.05. The molecule has 0 spiro atoms. The molecular formula is C23H21FN6O. The number of halogens is 1. The predicted octanol–water partition coefficient (Wildman–Crippen LogP) is 3.16. The van der Waals surface area contributed by atoms with Gasteiger partial charge >= 0.3 is 0 Å². The molecule has 1 fully saturated rings. The number of nitrogens with one attached hydrogen (secondary N) is 1. The largest absolute Gasteiger partial charge is 0.342 e. The number of likely N-dealkylation sites (tertiary alicyclic amines) is 1. The van der Waals surface area contributed by atoms with Crippen LogP contribution in [-0.2, 0) is 6.54 Å². The smallest absolute Gasteiger partial charge is 0.251 e. The Labute approximate surface area is 177 Å². The lowest BCUT2D eigenvalue weighted by Gasteiger charge is -2.31. The first-order valence-electron chi connectivity index (χ1n) is 10.4. The molecule has 0 unspecified atom stereocenters. The highest BCUT2D eigenvalue weighted by atomic mass is 19.1. The van der Waals surface area contributed by atoms with Crippen LogP contribution >= 0.6 is 0 Å². The van der Waals surface area contributed by atoms with Crippen LogP contribution < -0.4 is 5.56 Å². The second-order valence-electron chi connectivity index (χ2n) is 7.96. The van der Waals surface area contributed by atoms with E-state index in [1.165, 1.54) is 18.3 Å². The van der Waals surface area contributed by atoms with Crippen LogP contribution in [0.15, 0.2) is 47.4 Å². The normalized spacial score (nSPS) is 15.5. The van der Waals surface area contributed by atoms with Crippen LogP contribution in [0.2, 0.25) is 0 Å². The van der Waals surface area contributed by atoms with Gasteiger partial charge in [-0.1, -0.05) is 0 Å². The molecule has 0 saturated carbocycles. The number of fused-ring (bicyclic) bond motifs is 2. The van der Waals surface area contributed by atoms with Gasteiger partial charge in [0.15, 0.2) is 0 Å². The van der Waals surface area contributed by atoms with E-state index in [1.807, 2.05) is 12.1 Å². The topological polar surface area (TPSA) is 90.6 Å². The highest BCUT2D eigenvalue weighted by Crippen LogP contribution is 2.28. The molecule has 1 aromatic carbocycles. The van der Waals surface area contributed by atoms with Gasteiger partial charge in [0.25, 0.3) is 5.56 Å². The zero-order chi connectivity index (χ0) is 21.4. The van der Waals surface area contributed by atoms with Gasteiger partial charge in [-0.15, -0.1) is 0 Å². The van der Waals surface area contributed by atoms with E-state index in [-0.39, 0.29) is 5.56 Å². The van der Waals surface area contributed by atoms with Gasteiger partial charge < -0.3 is 14.5 Å². The molecule has 0 atom stereocenters. The summed E-state index contributed by atoms with van der Waals surface area (Å²) in [5.41, 5.74) is 3.40. The predicted molar refractivity (Wildman–Crippen MR) is 115 cm³/mol. The molecule has 4 aromatic rings. The Morgan fingerprint density at radius 2 is 1.94 bits per heavy atom. The number of rotatable bonds is 4. The molecule has 1 saturated heterocycles. The van der Waals surface area contributed by atoms with E-state index < -0.39 is 5.82 Å². The van der Waals surface area contributed by atoms with Crippen molar-refractivity contribution in [3.05, 3.63) is 70.2 Å². The standard InChI is InChI=1S/C23H21FN6O/c24-17-12-21-19(26-14-17)3-4-22(31)30(21)10-9-29-7-5-16(6-8-29)23-27-18-2-1-15(13-25)11-20(18)28-23/h1-4,11-12,14,16H,5-10H2,(H,27,28). The van der Waals surface area contributed by atoms with Gasteiger partial charge in [-0.2, -0.15) is 5.26 Å². The van der Waals surface area contributed by atoms with Crippen molar-refractivity contribution >= 4 is 22.1 Å². The van der Waals surface area contributed by atoms with E-state index in [1.54, 1.807) is 16.7 Å². The van der Waals surface area contributed by atoms with Crippen molar-refractivity contribution in [2.75, 3.05) is 19.6 Å². The summed E-state index contributed by atoms with van der Waals surface area (Å²) >= 11 is 0. The van der Waals surface area contributed by atoms with Crippen LogP contribution in [0.1, 0.15) is 30.1 Å². The summed E-state index contributed by atoms with van der Waals surface area (Å²) in [4.78, 5) is 26.8. The van der Waals surface area contributed by atoms with Crippen molar-refractivity contribution in [3.63, 3.8) is 0 Å². The zero-order valence-electron chi connectivity index (χ0n) is 16.9. The fourth-order valence-electron chi connectivity index (χ4n) is 4.34. The first-order valence-corrected chi connectivity index (χ1v) is 10.4. The lowest BCUT2D eigenvalue weighted by molar-refractivity contribution is 0.203. The van der Waals surface area contributed by atoms with Gasteiger partial charge in [0, 0.05) is 31.1 Å². The number of piperidine rings is 1. The Hall–Kier alpha value is -3.57. The van der Waals surface area contributed by atoms with Gasteiger partial charge in [0.2, 0.25) is 0 Å². The number of pyridine rings is 2. The summed E-state index contributed by atoms with van der Waals surface area (Å²) < 4.78 is 15.3. The molecule has 0 radical (unpaired) electrons. The molecule has 0 amide bonds. The van der Waals surface area contributed by atoms with Crippen LogP contribution in [0.5, 0.6) is 0 Å². The third-order valence-corrected chi connectivity index (χ3v) is 6.05. The first kappa shape index (κ1) is 19.4. The Bertz CT molecular complexity index is 1360. The highest BCUT2D eigenvalue weighted by Gasteiger charge is 2.23. The van der Waals surface area contributed by atoms with Crippen molar-refractivity contribution in [1.82, 2.24) is 24.4 Å². The first-order chi connectivity index (χ1) is 15.1. The quantitative estimate of drug-likeness (QED) is 0.552. The summed E-state index contributed by atoms with van der Waals surface area (Å²) in [5, 5.41) is 9.07. The van der Waals surface area contributed by atoms with E-state index in [2.05, 4.69) is 20.9 Å². The Morgan fingerprint density at radius 3 is 2.74 bits per heavy atom. The molecule has 1 N–H and O–H groups in total. The molecule has 1 aliphatic heterocycles. The molecule has 3 aromatic heterocycles. The van der Waals surface area contributed by atoms with Crippen LogP contribution in [-0.4, -0.2) is 44.1 Å². The number of benzene rings is 1. The molecule has 5 rings (SSSR count). The van der Waals surface area contributed by atoms with Crippen molar-refractivity contribution < 1.29 is 4.39 Å². The van der Waals surface area contributed by atoms with Crippen molar-refractivity contribution in [2.24, 2.45) is 0 Å². The third kappa shape index (κ3) is 3.80. The minimum absolute atomic E-state index is 0.145. The molecule has 31 heavy (non-hydrogen) atoms. The van der Waals surface area contributed by atoms with E-state index >= 15 is 0 Å². The van der Waals surface area contributed by atoms with Crippen molar-refractivity contribution in [3.8, 4) is 6.07 Å². The summed E-state index contributed by atoms with van der Waals surface area (Å²) in [5.74, 6) is 0.865. The number of aromatic amines is 1. The maximum absolute atomic E-state index is 13.7. The van der Waals surface area contributed by atoms with Crippen molar-refractivity contribution in [2.45, 2.75) is 25.3 Å². The van der Waals surface area contributed by atoms with E-state index in [0.717, 1.165) is 42.8 Å². The SMILES string of the molecule is N#Cc1ccc2nc(C3CCN(CCn4c(=O)ccc5ncc(F)cc54)CC3)[nH]c2c1. The maximum atomic E-state index is 13.7. The Morgan fingerprint density at radius 1 is 1.13 bits per heavy atom. The number of hydrogen-bond acceptors (Lipinski definition) is 5. The second kappa shape index (κ2) is 7.93. The van der Waals surface area contributed by atoms with Crippen LogP contribution in [0.25, 0.3) is 22.1 Å². The number of imidazole rings is 1. The summed E-state index contributed by atoms with van der Waals surface area (Å²) in [6.07, 6.45) is 3.10. The van der Waals surface area contributed by atoms with E-state index in [9.17, 15) is 9.18 Å². The highest BCUT2D eigenvalue weighted by molar-refractivity contribution is 5.77. The lowest BCUT2D eigenvalue weighted by Crippen LogP contribution is -2.37. The van der Waals surface area contributed by atoms with Gasteiger partial charge in [-0.3, -0.25) is 9.78 Å². The Balaban J connectivity index is 1.25. The van der Waals surface area contributed by atoms with Gasteiger partial charge in [0.1, 0.15) is 11.6 Å². The summed E-state index contributed by atoms with van der Waals surface area (Å²) in [6, 6.07) is 12.1. The Kier molecular flexibility index (Phi) is 4.96. The molecule has 8 heteroatoms. The molecule has 0 bridgehead atoms. The second-order valence-corrected chi connectivity index (χ2v) is 7.96. The summed E-state index contributed by atoms with van der Waals surface area (Å²) in [7, 11) is 0. The number of nitrogens with zero attached hydrogens (tertiary/aromatic N) is 5. The molecular weight excluding hydrogens is 395 g/mol. The van der Waals surface area contributed by atoms with Crippen LogP contribution in [0.3, 0.4) is 0 Å². The molecule has 4 heterocycles. The number of H-pyrrole nitrogens is 1. The van der Waals surface area contributed by atoms with Crippen molar-refractivity contribution in [1.29, 1.82) is 5.26 Å². The summed E-state index contributed by atoms with van der Waals surface area (Å²) in [6.45, 7) is 3.01. The van der Waals surface area contributed by atoms with Crippen LogP contribution in [0.4, 0.5) is 4.39 Å². The van der Waals surface area contributed by atoms with Gasteiger partial charge in [-0.05, 0) is 50.2 Å². The fourth-order valence-corrected chi connectivity index (χ4v) is 4.34. The number of nitriles is 1. The average Bonchev–Trinajstić information content (AvgIpc) is 3.22. The lowest BCUT2D eigenvalue weighted by atomic mass is 9.96. The van der Waals surface area contributed by atoms with E-state index in [0.29, 0.717) is 35.6 Å². The number of aromatic nitrogens is 4. The molecule has 1 aliphatic rings. The number of hydrogen-bond donors (Lipinski definition) is 1.